The van der Waals surface area contributed by atoms with Crippen molar-refractivity contribution in [3.63, 3.8) is 0 Å². The molecule has 2 heterocycles. The first kappa shape index (κ1) is 15.7. The van der Waals surface area contributed by atoms with Gasteiger partial charge in [-0.2, -0.15) is 0 Å². The third kappa shape index (κ3) is 3.10. The van der Waals surface area contributed by atoms with Crippen LogP contribution in [0.4, 0.5) is 0 Å². The van der Waals surface area contributed by atoms with E-state index in [4.69, 9.17) is 4.42 Å². The molecule has 0 aliphatic rings. The first-order chi connectivity index (χ1) is 12.4. The average molecular weight is 347 g/mol. The van der Waals surface area contributed by atoms with Gasteiger partial charge in [-0.3, -0.25) is 4.57 Å². The van der Waals surface area contributed by atoms with Crippen LogP contribution in [0.15, 0.2) is 83.1 Å². The number of thioether (sulfide) groups is 1. The van der Waals surface area contributed by atoms with Crippen molar-refractivity contribution in [3.05, 3.63) is 79.1 Å². The lowest BCUT2D eigenvalue weighted by molar-refractivity contribution is 0.569. The van der Waals surface area contributed by atoms with Gasteiger partial charge in [-0.1, -0.05) is 60.3 Å². The van der Waals surface area contributed by atoms with Crippen LogP contribution >= 0.6 is 11.8 Å². The minimum absolute atomic E-state index is 0.640. The van der Waals surface area contributed by atoms with Crippen LogP contribution in [-0.2, 0) is 12.3 Å². The number of furan rings is 1. The van der Waals surface area contributed by atoms with E-state index in [2.05, 4.69) is 59.2 Å². The van der Waals surface area contributed by atoms with E-state index in [0.717, 1.165) is 16.7 Å². The number of hydrogen-bond donors (Lipinski definition) is 0. The molecule has 0 saturated heterocycles. The Bertz CT molecular complexity index is 1000. The number of allylic oxidation sites excluding steroid dienone is 1. The molecule has 0 fully saturated rings. The molecule has 0 saturated carbocycles. The highest BCUT2D eigenvalue weighted by molar-refractivity contribution is 7.98. The predicted octanol–water partition coefficient (Wildman–Crippen LogP) is 5.17. The van der Waals surface area contributed by atoms with Crippen LogP contribution in [0.5, 0.6) is 0 Å². The van der Waals surface area contributed by atoms with Crippen molar-refractivity contribution >= 4 is 22.5 Å². The minimum atomic E-state index is 0.640. The molecule has 0 spiro atoms. The molecule has 25 heavy (non-hydrogen) atoms. The summed E-state index contributed by atoms with van der Waals surface area (Å²) in [6.45, 7) is 4.48. The Labute approximate surface area is 150 Å². The zero-order chi connectivity index (χ0) is 17.1. The van der Waals surface area contributed by atoms with E-state index in [-0.39, 0.29) is 0 Å². The van der Waals surface area contributed by atoms with Gasteiger partial charge in [0.25, 0.3) is 0 Å². The number of rotatable bonds is 6. The molecule has 2 aromatic carbocycles. The van der Waals surface area contributed by atoms with Gasteiger partial charge in [-0.05, 0) is 28.5 Å². The Morgan fingerprint density at radius 2 is 1.92 bits per heavy atom. The number of aromatic nitrogens is 3. The van der Waals surface area contributed by atoms with Crippen LogP contribution in [0.2, 0.25) is 0 Å². The summed E-state index contributed by atoms with van der Waals surface area (Å²) in [6, 6.07) is 18.6. The summed E-state index contributed by atoms with van der Waals surface area (Å²) in [4.78, 5) is 0. The Balaban J connectivity index is 1.63. The van der Waals surface area contributed by atoms with Gasteiger partial charge >= 0.3 is 0 Å². The van der Waals surface area contributed by atoms with Gasteiger partial charge in [0.15, 0.2) is 10.9 Å². The van der Waals surface area contributed by atoms with Gasteiger partial charge in [0.1, 0.15) is 0 Å². The van der Waals surface area contributed by atoms with Crippen molar-refractivity contribution in [1.82, 2.24) is 14.8 Å². The lowest BCUT2D eigenvalue weighted by atomic mass is 10.1. The van der Waals surface area contributed by atoms with Crippen molar-refractivity contribution < 1.29 is 4.42 Å². The Morgan fingerprint density at radius 3 is 2.76 bits per heavy atom. The maximum Gasteiger partial charge on any atom is 0.200 e. The lowest BCUT2D eigenvalue weighted by Gasteiger charge is -2.08. The van der Waals surface area contributed by atoms with Crippen LogP contribution in [0.25, 0.3) is 22.4 Å². The highest BCUT2D eigenvalue weighted by atomic mass is 32.2. The van der Waals surface area contributed by atoms with Crippen LogP contribution in [-0.4, -0.2) is 14.8 Å². The van der Waals surface area contributed by atoms with Gasteiger partial charge in [-0.15, -0.1) is 16.8 Å². The smallest absolute Gasteiger partial charge is 0.200 e. The Morgan fingerprint density at radius 1 is 1.04 bits per heavy atom. The second-order valence-electron chi connectivity index (χ2n) is 5.61. The molecule has 0 amide bonds. The van der Waals surface area contributed by atoms with Crippen molar-refractivity contribution in [2.45, 2.75) is 17.5 Å². The van der Waals surface area contributed by atoms with Crippen molar-refractivity contribution in [3.8, 4) is 11.6 Å². The highest BCUT2D eigenvalue weighted by Gasteiger charge is 2.15. The van der Waals surface area contributed by atoms with Gasteiger partial charge in [0.05, 0.1) is 6.26 Å². The fourth-order valence-corrected chi connectivity index (χ4v) is 3.79. The molecule has 0 aliphatic carbocycles. The molecule has 2 aromatic heterocycles. The molecule has 0 bridgehead atoms. The maximum atomic E-state index is 5.47. The standard InChI is InChI=1S/C20H17N3OS/c1-2-12-23-19(18-11-6-13-24-18)21-22-20(23)25-14-16-9-5-8-15-7-3-4-10-17(15)16/h2-11,13H,1,12,14H2. The van der Waals surface area contributed by atoms with E-state index in [9.17, 15) is 0 Å². The summed E-state index contributed by atoms with van der Waals surface area (Å²) < 4.78 is 7.50. The molecule has 0 aliphatic heterocycles. The summed E-state index contributed by atoms with van der Waals surface area (Å²) >= 11 is 1.67. The van der Waals surface area contributed by atoms with Crippen molar-refractivity contribution in [1.29, 1.82) is 0 Å². The van der Waals surface area contributed by atoms with Crippen LogP contribution < -0.4 is 0 Å². The van der Waals surface area contributed by atoms with E-state index in [0.29, 0.717) is 12.3 Å². The summed E-state index contributed by atoms with van der Waals surface area (Å²) in [6.07, 6.45) is 3.49. The minimum Gasteiger partial charge on any atom is -0.461 e. The van der Waals surface area contributed by atoms with Gasteiger partial charge in [0, 0.05) is 12.3 Å². The molecule has 4 aromatic rings. The first-order valence-corrected chi connectivity index (χ1v) is 9.03. The molecular weight excluding hydrogens is 330 g/mol. The normalized spacial score (nSPS) is 11.0. The van der Waals surface area contributed by atoms with E-state index in [1.807, 2.05) is 22.8 Å². The van der Waals surface area contributed by atoms with Crippen molar-refractivity contribution in [2.24, 2.45) is 0 Å². The first-order valence-electron chi connectivity index (χ1n) is 8.04. The maximum absolute atomic E-state index is 5.47. The summed E-state index contributed by atoms with van der Waals surface area (Å²) in [5, 5.41) is 12.0. The SMILES string of the molecule is C=CCn1c(SCc2cccc3ccccc23)nnc1-c1ccco1. The zero-order valence-corrected chi connectivity index (χ0v) is 14.4. The second-order valence-corrected chi connectivity index (χ2v) is 6.55. The van der Waals surface area contributed by atoms with Gasteiger partial charge in [0.2, 0.25) is 5.82 Å². The molecule has 0 unspecified atom stereocenters. The molecule has 4 nitrogen and oxygen atoms in total. The largest absolute Gasteiger partial charge is 0.461 e. The third-order valence-corrected chi connectivity index (χ3v) is 5.02. The van der Waals surface area contributed by atoms with Crippen LogP contribution in [0.3, 0.4) is 0 Å². The third-order valence-electron chi connectivity index (χ3n) is 4.01. The van der Waals surface area contributed by atoms with Crippen LogP contribution in [0.1, 0.15) is 5.56 Å². The Hall–Kier alpha value is -2.79. The molecular formula is C20H17N3OS. The van der Waals surface area contributed by atoms with Gasteiger partial charge in [-0.25, -0.2) is 0 Å². The van der Waals surface area contributed by atoms with Crippen molar-refractivity contribution in [2.75, 3.05) is 0 Å². The monoisotopic (exact) mass is 347 g/mol. The summed E-state index contributed by atoms with van der Waals surface area (Å²) in [5.41, 5.74) is 1.29. The topological polar surface area (TPSA) is 43.9 Å². The molecule has 4 rings (SSSR count). The molecule has 0 atom stereocenters. The summed E-state index contributed by atoms with van der Waals surface area (Å²) in [5.74, 6) is 2.27. The second kappa shape index (κ2) is 6.99. The zero-order valence-electron chi connectivity index (χ0n) is 13.6. The fraction of sp³-hybridized carbons (Fsp3) is 0.100. The highest BCUT2D eigenvalue weighted by Crippen LogP contribution is 2.29. The van der Waals surface area contributed by atoms with E-state index >= 15 is 0 Å². The van der Waals surface area contributed by atoms with E-state index in [1.54, 1.807) is 18.0 Å². The molecule has 0 N–H and O–H groups in total. The molecule has 0 radical (unpaired) electrons. The summed E-state index contributed by atoms with van der Waals surface area (Å²) in [7, 11) is 0. The fourth-order valence-electron chi connectivity index (χ4n) is 2.84. The number of hydrogen-bond acceptors (Lipinski definition) is 4. The van der Waals surface area contributed by atoms with E-state index < -0.39 is 0 Å². The lowest BCUT2D eigenvalue weighted by Crippen LogP contribution is -2.00. The predicted molar refractivity (Wildman–Crippen MR) is 101 cm³/mol. The quantitative estimate of drug-likeness (QED) is 0.356. The van der Waals surface area contributed by atoms with Gasteiger partial charge < -0.3 is 4.42 Å². The molecule has 5 heteroatoms. The average Bonchev–Trinajstić information content (AvgIpc) is 3.30. The molecule has 124 valence electrons. The number of nitrogens with zero attached hydrogens (tertiary/aromatic N) is 3. The Kier molecular flexibility index (Phi) is 4.39. The number of benzene rings is 2. The number of fused-ring (bicyclic) bond motifs is 1. The van der Waals surface area contributed by atoms with E-state index in [1.165, 1.54) is 16.3 Å². The van der Waals surface area contributed by atoms with Crippen LogP contribution in [0, 0.1) is 0 Å².